The van der Waals surface area contributed by atoms with Crippen molar-refractivity contribution < 1.29 is 19.5 Å². The third-order valence-corrected chi connectivity index (χ3v) is 5.40. The van der Waals surface area contributed by atoms with Gasteiger partial charge in [0.05, 0.1) is 6.54 Å². The predicted molar refractivity (Wildman–Crippen MR) is 97.1 cm³/mol. The van der Waals surface area contributed by atoms with Gasteiger partial charge in [-0.15, -0.1) is 0 Å². The summed E-state index contributed by atoms with van der Waals surface area (Å²) in [5.41, 5.74) is 2.20. The number of hydrogen-bond acceptors (Lipinski definition) is 5. The Kier molecular flexibility index (Phi) is 5.56. The number of likely N-dealkylation sites (N-methyl/N-ethyl adjacent to an activating group) is 1. The fraction of sp³-hybridized carbons (Fsp3) is 0.526. The van der Waals surface area contributed by atoms with E-state index in [4.69, 9.17) is 5.11 Å². The van der Waals surface area contributed by atoms with E-state index in [1.165, 1.54) is 5.56 Å². The number of aliphatic carboxylic acids is 1. The molecule has 0 aromatic heterocycles. The number of carbonyl (C=O) groups excluding carboxylic acids is 2. The Bertz CT molecular complexity index is 681. The van der Waals surface area contributed by atoms with E-state index in [0.717, 1.165) is 31.6 Å². The number of nitrogens with zero attached hydrogens (tertiary/aromatic N) is 2. The van der Waals surface area contributed by atoms with Crippen LogP contribution in [0.4, 0.5) is 5.69 Å². The molecule has 2 amide bonds. The number of piperidine rings is 2. The van der Waals surface area contributed by atoms with Crippen LogP contribution < -0.4 is 10.2 Å². The first-order valence-electron chi connectivity index (χ1n) is 9.04. The Balaban J connectivity index is 1.59. The molecule has 0 aliphatic carbocycles. The Morgan fingerprint density at radius 2 is 1.85 bits per heavy atom. The molecule has 2 fully saturated rings. The topological polar surface area (TPSA) is 89.9 Å². The average Bonchev–Trinajstić information content (AvgIpc) is 2.61. The molecular weight excluding hydrogens is 334 g/mol. The first-order chi connectivity index (χ1) is 12.4. The van der Waals surface area contributed by atoms with Crippen LogP contribution in [-0.2, 0) is 14.4 Å². The van der Waals surface area contributed by atoms with Crippen LogP contribution in [0.2, 0.25) is 0 Å². The maximum Gasteiger partial charge on any atom is 0.317 e. The van der Waals surface area contributed by atoms with Crippen molar-refractivity contribution in [1.82, 2.24) is 10.2 Å². The second kappa shape index (κ2) is 7.86. The van der Waals surface area contributed by atoms with Gasteiger partial charge in [-0.25, -0.2) is 0 Å². The van der Waals surface area contributed by atoms with Crippen LogP contribution in [0.1, 0.15) is 37.2 Å². The highest BCUT2D eigenvalue weighted by Crippen LogP contribution is 2.30. The van der Waals surface area contributed by atoms with Gasteiger partial charge in [-0.05, 0) is 56.0 Å². The quantitative estimate of drug-likeness (QED) is 0.768. The van der Waals surface area contributed by atoms with E-state index in [2.05, 4.69) is 17.4 Å². The van der Waals surface area contributed by atoms with Crippen LogP contribution in [-0.4, -0.2) is 60.5 Å². The lowest BCUT2D eigenvalue weighted by Gasteiger charge is -2.33. The molecule has 1 unspecified atom stereocenters. The number of benzene rings is 1. The highest BCUT2D eigenvalue weighted by molar-refractivity contribution is 6.01. The zero-order valence-electron chi connectivity index (χ0n) is 15.0. The lowest BCUT2D eigenvalue weighted by Crippen LogP contribution is -2.51. The molecule has 2 aliphatic heterocycles. The number of hydrogen-bond donors (Lipinski definition) is 2. The molecular formula is C19H25N3O4. The fourth-order valence-corrected chi connectivity index (χ4v) is 3.83. The fourth-order valence-electron chi connectivity index (χ4n) is 3.83. The van der Waals surface area contributed by atoms with Crippen molar-refractivity contribution in [3.63, 3.8) is 0 Å². The summed E-state index contributed by atoms with van der Waals surface area (Å²) in [4.78, 5) is 38.0. The maximum atomic E-state index is 12.0. The van der Waals surface area contributed by atoms with Crippen molar-refractivity contribution in [2.75, 3.05) is 31.6 Å². The van der Waals surface area contributed by atoms with E-state index in [1.54, 1.807) is 0 Å². The summed E-state index contributed by atoms with van der Waals surface area (Å²) < 4.78 is 0. The summed E-state index contributed by atoms with van der Waals surface area (Å²) in [7, 11) is 1.87. The first-order valence-corrected chi connectivity index (χ1v) is 9.04. The van der Waals surface area contributed by atoms with Gasteiger partial charge in [-0.3, -0.25) is 24.6 Å². The third kappa shape index (κ3) is 4.22. The van der Waals surface area contributed by atoms with E-state index < -0.39 is 5.97 Å². The van der Waals surface area contributed by atoms with Gasteiger partial charge in [-0.2, -0.15) is 0 Å². The van der Waals surface area contributed by atoms with Gasteiger partial charge < -0.3 is 10.0 Å². The van der Waals surface area contributed by atoms with Gasteiger partial charge in [-0.1, -0.05) is 12.1 Å². The largest absolute Gasteiger partial charge is 0.480 e. The van der Waals surface area contributed by atoms with Crippen LogP contribution in [0.3, 0.4) is 0 Å². The van der Waals surface area contributed by atoms with Crippen LogP contribution >= 0.6 is 0 Å². The monoisotopic (exact) mass is 359 g/mol. The number of rotatable bonds is 5. The van der Waals surface area contributed by atoms with Crippen molar-refractivity contribution in [2.45, 2.75) is 37.6 Å². The van der Waals surface area contributed by atoms with E-state index in [0.29, 0.717) is 18.8 Å². The molecule has 26 heavy (non-hydrogen) atoms. The van der Waals surface area contributed by atoms with E-state index >= 15 is 0 Å². The molecule has 2 N–H and O–H groups in total. The summed E-state index contributed by atoms with van der Waals surface area (Å²) in [6.07, 6.45) is 2.81. The van der Waals surface area contributed by atoms with Gasteiger partial charge in [0.1, 0.15) is 6.04 Å². The zero-order valence-corrected chi connectivity index (χ0v) is 15.0. The molecule has 7 nitrogen and oxygen atoms in total. The first kappa shape index (κ1) is 18.4. The molecule has 1 atom stereocenters. The summed E-state index contributed by atoms with van der Waals surface area (Å²) in [6.45, 7) is 1.71. The normalized spacial score (nSPS) is 22.1. The summed E-state index contributed by atoms with van der Waals surface area (Å²) in [5, 5.41) is 11.3. The minimum atomic E-state index is -0.774. The SMILES string of the molecule is CN(c1ccc(C2CCN(CC(=O)O)CC2)cc1)C1CCC(=O)NC1=O. The molecule has 2 saturated heterocycles. The summed E-state index contributed by atoms with van der Waals surface area (Å²) in [6, 6.07) is 7.90. The molecule has 0 spiro atoms. The smallest absolute Gasteiger partial charge is 0.317 e. The summed E-state index contributed by atoms with van der Waals surface area (Å²) >= 11 is 0. The van der Waals surface area contributed by atoms with Crippen molar-refractivity contribution in [3.05, 3.63) is 29.8 Å². The highest BCUT2D eigenvalue weighted by atomic mass is 16.4. The Morgan fingerprint density at radius 3 is 2.42 bits per heavy atom. The third-order valence-electron chi connectivity index (χ3n) is 5.40. The minimum absolute atomic E-state index is 0.113. The number of likely N-dealkylation sites (tertiary alicyclic amines) is 1. The standard InChI is InChI=1S/C19H25N3O4/c1-21(16-6-7-17(23)20-19(16)26)15-4-2-13(3-5-15)14-8-10-22(11-9-14)12-18(24)25/h2-5,14,16H,6-12H2,1H3,(H,24,25)(H,20,23,26). The second-order valence-corrected chi connectivity index (χ2v) is 7.11. The molecule has 7 heteroatoms. The van der Waals surface area contributed by atoms with Crippen LogP contribution in [0.5, 0.6) is 0 Å². The van der Waals surface area contributed by atoms with E-state index in [1.807, 2.05) is 29.0 Å². The Morgan fingerprint density at radius 1 is 1.19 bits per heavy atom. The molecule has 0 bridgehead atoms. The number of imide groups is 1. The average molecular weight is 359 g/mol. The van der Waals surface area contributed by atoms with Crippen LogP contribution in [0, 0.1) is 0 Å². The Labute approximate surface area is 153 Å². The zero-order chi connectivity index (χ0) is 18.7. The van der Waals surface area contributed by atoms with Gasteiger partial charge in [0, 0.05) is 19.2 Å². The number of amides is 2. The lowest BCUT2D eigenvalue weighted by atomic mass is 9.89. The minimum Gasteiger partial charge on any atom is -0.480 e. The molecule has 0 radical (unpaired) electrons. The highest BCUT2D eigenvalue weighted by Gasteiger charge is 2.30. The predicted octanol–water partition coefficient (Wildman–Crippen LogP) is 1.19. The van der Waals surface area contributed by atoms with Gasteiger partial charge in [0.15, 0.2) is 0 Å². The number of carboxylic acid groups (broad SMARTS) is 1. The molecule has 0 saturated carbocycles. The van der Waals surface area contributed by atoms with Crippen molar-refractivity contribution in [3.8, 4) is 0 Å². The van der Waals surface area contributed by atoms with E-state index in [9.17, 15) is 14.4 Å². The lowest BCUT2D eigenvalue weighted by molar-refractivity contribution is -0.138. The van der Waals surface area contributed by atoms with Crippen molar-refractivity contribution in [1.29, 1.82) is 0 Å². The summed E-state index contributed by atoms with van der Waals surface area (Å²) in [5.74, 6) is -0.776. The van der Waals surface area contributed by atoms with Crippen LogP contribution in [0.25, 0.3) is 0 Å². The molecule has 2 heterocycles. The maximum absolute atomic E-state index is 12.0. The van der Waals surface area contributed by atoms with Gasteiger partial charge >= 0.3 is 5.97 Å². The molecule has 1 aromatic rings. The molecule has 2 aliphatic rings. The van der Waals surface area contributed by atoms with Gasteiger partial charge in [0.25, 0.3) is 0 Å². The molecule has 140 valence electrons. The number of nitrogens with one attached hydrogen (secondary N) is 1. The molecule has 1 aromatic carbocycles. The number of carboxylic acids is 1. The van der Waals surface area contributed by atoms with Gasteiger partial charge in [0.2, 0.25) is 11.8 Å². The molecule has 3 rings (SSSR count). The van der Waals surface area contributed by atoms with E-state index in [-0.39, 0.29) is 24.4 Å². The van der Waals surface area contributed by atoms with Crippen molar-refractivity contribution in [2.24, 2.45) is 0 Å². The Hall–Kier alpha value is -2.41. The van der Waals surface area contributed by atoms with Crippen molar-refractivity contribution >= 4 is 23.5 Å². The second-order valence-electron chi connectivity index (χ2n) is 7.11. The van der Waals surface area contributed by atoms with Crippen LogP contribution in [0.15, 0.2) is 24.3 Å². The number of carbonyl (C=O) groups is 3. The number of anilines is 1.